The molecule has 0 bridgehead atoms. The standard InChI is InChI=1S/C11H19N5O3/c17-8-11(19)4-2-5-15(7-11)10(18)3-1-6-16-9-12-13-14-16/h9,17,19H,1-8H2. The minimum absolute atomic E-state index is 0.000325. The van der Waals surface area contributed by atoms with Crippen molar-refractivity contribution in [2.45, 2.75) is 37.8 Å². The Balaban J connectivity index is 1.76. The number of tetrazole rings is 1. The number of carbonyl (C=O) groups is 1. The largest absolute Gasteiger partial charge is 0.393 e. The van der Waals surface area contributed by atoms with Crippen molar-refractivity contribution in [1.29, 1.82) is 0 Å². The maximum Gasteiger partial charge on any atom is 0.222 e. The highest BCUT2D eigenvalue weighted by molar-refractivity contribution is 5.76. The number of β-amino-alcohol motifs (C(OH)–C–C–N with tert-alkyl or cyclic N) is 1. The Morgan fingerprint density at radius 1 is 1.47 bits per heavy atom. The van der Waals surface area contributed by atoms with Crippen molar-refractivity contribution >= 4 is 5.91 Å². The molecule has 1 aliphatic rings. The van der Waals surface area contributed by atoms with Gasteiger partial charge in [-0.2, -0.15) is 0 Å². The summed E-state index contributed by atoms with van der Waals surface area (Å²) in [5, 5.41) is 29.9. The molecule has 8 heteroatoms. The minimum Gasteiger partial charge on any atom is -0.393 e. The first-order valence-corrected chi connectivity index (χ1v) is 6.45. The van der Waals surface area contributed by atoms with Crippen molar-refractivity contribution in [1.82, 2.24) is 25.1 Å². The smallest absolute Gasteiger partial charge is 0.222 e. The summed E-state index contributed by atoms with van der Waals surface area (Å²) in [6, 6.07) is 0. The number of aliphatic hydroxyl groups is 2. The SMILES string of the molecule is O=C(CCCn1cnnn1)N1CCCC(O)(CO)C1. The van der Waals surface area contributed by atoms with E-state index < -0.39 is 5.60 Å². The number of hydrogen-bond donors (Lipinski definition) is 2. The van der Waals surface area contributed by atoms with Crippen molar-refractivity contribution in [3.63, 3.8) is 0 Å². The van der Waals surface area contributed by atoms with Gasteiger partial charge in [0.1, 0.15) is 11.9 Å². The normalized spacial score (nSPS) is 23.6. The molecule has 1 amide bonds. The van der Waals surface area contributed by atoms with Gasteiger partial charge in [-0.05, 0) is 29.7 Å². The fraction of sp³-hybridized carbons (Fsp3) is 0.818. The van der Waals surface area contributed by atoms with Crippen LogP contribution in [0.25, 0.3) is 0 Å². The van der Waals surface area contributed by atoms with Gasteiger partial charge in [-0.15, -0.1) is 5.10 Å². The highest BCUT2D eigenvalue weighted by Gasteiger charge is 2.34. The Labute approximate surface area is 111 Å². The van der Waals surface area contributed by atoms with Crippen LogP contribution in [0.1, 0.15) is 25.7 Å². The second-order valence-electron chi connectivity index (χ2n) is 4.98. The van der Waals surface area contributed by atoms with Gasteiger partial charge in [0.2, 0.25) is 5.91 Å². The quantitative estimate of drug-likeness (QED) is 0.695. The van der Waals surface area contributed by atoms with Crippen molar-refractivity contribution in [3.05, 3.63) is 6.33 Å². The molecule has 1 unspecified atom stereocenters. The van der Waals surface area contributed by atoms with Gasteiger partial charge >= 0.3 is 0 Å². The average molecular weight is 269 g/mol. The van der Waals surface area contributed by atoms with Gasteiger partial charge in [0.15, 0.2) is 0 Å². The number of rotatable bonds is 5. The molecule has 0 saturated carbocycles. The van der Waals surface area contributed by atoms with Crippen molar-refractivity contribution in [2.75, 3.05) is 19.7 Å². The van der Waals surface area contributed by atoms with Crippen molar-refractivity contribution in [3.8, 4) is 0 Å². The van der Waals surface area contributed by atoms with E-state index in [-0.39, 0.29) is 19.1 Å². The van der Waals surface area contributed by atoms with Gasteiger partial charge in [-0.25, -0.2) is 4.68 Å². The maximum absolute atomic E-state index is 12.0. The second kappa shape index (κ2) is 6.07. The molecule has 0 aromatic carbocycles. The molecule has 1 atom stereocenters. The van der Waals surface area contributed by atoms with Crippen LogP contribution >= 0.6 is 0 Å². The first-order valence-electron chi connectivity index (χ1n) is 6.45. The molecule has 8 nitrogen and oxygen atoms in total. The first-order chi connectivity index (χ1) is 9.13. The van der Waals surface area contributed by atoms with E-state index >= 15 is 0 Å². The summed E-state index contributed by atoms with van der Waals surface area (Å²) < 4.78 is 1.58. The molecule has 0 spiro atoms. The van der Waals surface area contributed by atoms with E-state index in [2.05, 4.69) is 15.5 Å². The first kappa shape index (κ1) is 13.9. The number of aliphatic hydroxyl groups excluding tert-OH is 1. The predicted octanol–water partition coefficient (Wildman–Crippen LogP) is -1.20. The summed E-state index contributed by atoms with van der Waals surface area (Å²) in [7, 11) is 0. The van der Waals surface area contributed by atoms with Crippen molar-refractivity contribution < 1.29 is 15.0 Å². The molecule has 2 heterocycles. The van der Waals surface area contributed by atoms with Crippen LogP contribution in [0.4, 0.5) is 0 Å². The van der Waals surface area contributed by atoms with Crippen LogP contribution in [0.5, 0.6) is 0 Å². The molecular formula is C11H19N5O3. The Morgan fingerprint density at radius 3 is 3.00 bits per heavy atom. The molecule has 0 aliphatic carbocycles. The van der Waals surface area contributed by atoms with Crippen LogP contribution in [-0.4, -0.2) is 66.5 Å². The van der Waals surface area contributed by atoms with E-state index in [1.807, 2.05) is 0 Å². The van der Waals surface area contributed by atoms with Crippen LogP contribution < -0.4 is 0 Å². The monoisotopic (exact) mass is 269 g/mol. The lowest BCUT2D eigenvalue weighted by atomic mass is 9.93. The summed E-state index contributed by atoms with van der Waals surface area (Å²) in [4.78, 5) is 13.6. The highest BCUT2D eigenvalue weighted by Crippen LogP contribution is 2.21. The third kappa shape index (κ3) is 3.71. The summed E-state index contributed by atoms with van der Waals surface area (Å²) >= 11 is 0. The fourth-order valence-corrected chi connectivity index (χ4v) is 2.29. The van der Waals surface area contributed by atoms with E-state index in [1.165, 1.54) is 6.33 Å². The van der Waals surface area contributed by atoms with Crippen LogP contribution in [0.15, 0.2) is 6.33 Å². The van der Waals surface area contributed by atoms with E-state index in [0.717, 1.165) is 6.42 Å². The topological polar surface area (TPSA) is 104 Å². The van der Waals surface area contributed by atoms with Gasteiger partial charge in [0, 0.05) is 19.5 Å². The van der Waals surface area contributed by atoms with E-state index in [0.29, 0.717) is 32.4 Å². The molecule has 1 aromatic rings. The predicted molar refractivity (Wildman–Crippen MR) is 64.9 cm³/mol. The Morgan fingerprint density at radius 2 is 2.32 bits per heavy atom. The van der Waals surface area contributed by atoms with E-state index in [9.17, 15) is 9.90 Å². The van der Waals surface area contributed by atoms with Crippen molar-refractivity contribution in [2.24, 2.45) is 0 Å². The maximum atomic E-state index is 12.0. The summed E-state index contributed by atoms with van der Waals surface area (Å²) in [6.07, 6.45) is 3.81. The zero-order chi connectivity index (χ0) is 13.7. The molecule has 2 N–H and O–H groups in total. The number of aromatic nitrogens is 4. The molecule has 19 heavy (non-hydrogen) atoms. The Hall–Kier alpha value is -1.54. The highest BCUT2D eigenvalue weighted by atomic mass is 16.3. The number of hydrogen-bond acceptors (Lipinski definition) is 6. The molecule has 1 saturated heterocycles. The molecule has 1 aromatic heterocycles. The average Bonchev–Trinajstić information content (AvgIpc) is 2.92. The van der Waals surface area contributed by atoms with E-state index in [1.54, 1.807) is 9.58 Å². The van der Waals surface area contributed by atoms with Gasteiger partial charge < -0.3 is 15.1 Å². The Bertz CT molecular complexity index is 410. The summed E-state index contributed by atoms with van der Waals surface area (Å²) in [5.41, 5.74) is -1.14. The zero-order valence-corrected chi connectivity index (χ0v) is 10.8. The lowest BCUT2D eigenvalue weighted by molar-refractivity contribution is -0.140. The van der Waals surface area contributed by atoms with E-state index in [4.69, 9.17) is 5.11 Å². The number of piperidine rings is 1. The molecule has 2 rings (SSSR count). The number of carbonyl (C=O) groups excluding carboxylic acids is 1. The zero-order valence-electron chi connectivity index (χ0n) is 10.8. The van der Waals surface area contributed by atoms with Crippen LogP contribution in [0.2, 0.25) is 0 Å². The molecule has 1 aliphatic heterocycles. The molecule has 1 fully saturated rings. The number of nitrogens with zero attached hydrogens (tertiary/aromatic N) is 5. The summed E-state index contributed by atoms with van der Waals surface area (Å²) in [5.74, 6) is -0.000325. The van der Waals surface area contributed by atoms with Crippen LogP contribution in [-0.2, 0) is 11.3 Å². The Kier molecular flexibility index (Phi) is 4.43. The molecular weight excluding hydrogens is 250 g/mol. The number of aryl methyl sites for hydroxylation is 1. The van der Waals surface area contributed by atoms with Crippen LogP contribution in [0.3, 0.4) is 0 Å². The fourth-order valence-electron chi connectivity index (χ4n) is 2.29. The molecule has 0 radical (unpaired) electrons. The van der Waals surface area contributed by atoms with Gasteiger partial charge in [0.25, 0.3) is 0 Å². The third-order valence-corrected chi connectivity index (χ3v) is 3.37. The minimum atomic E-state index is -1.14. The lowest BCUT2D eigenvalue weighted by Gasteiger charge is -2.38. The van der Waals surface area contributed by atoms with Gasteiger partial charge in [-0.1, -0.05) is 0 Å². The van der Waals surface area contributed by atoms with Gasteiger partial charge in [0.05, 0.1) is 13.2 Å². The lowest BCUT2D eigenvalue weighted by Crippen LogP contribution is -2.52. The molecule has 106 valence electrons. The summed E-state index contributed by atoms with van der Waals surface area (Å²) in [6.45, 7) is 1.15. The second-order valence-corrected chi connectivity index (χ2v) is 4.98. The van der Waals surface area contributed by atoms with Crippen LogP contribution in [0, 0.1) is 0 Å². The third-order valence-electron chi connectivity index (χ3n) is 3.37. The number of amides is 1. The van der Waals surface area contributed by atoms with Gasteiger partial charge in [-0.3, -0.25) is 4.79 Å². The number of likely N-dealkylation sites (tertiary alicyclic amines) is 1.